The third-order valence-electron chi connectivity index (χ3n) is 5.26. The van der Waals surface area contributed by atoms with Crippen LogP contribution in [-0.2, 0) is 11.2 Å². The van der Waals surface area contributed by atoms with Crippen LogP contribution >= 0.6 is 0 Å². The fourth-order valence-corrected chi connectivity index (χ4v) is 3.59. The van der Waals surface area contributed by atoms with E-state index in [1.165, 1.54) is 0 Å². The molecule has 3 rings (SSSR count). The molecule has 160 valence electrons. The first-order valence-corrected chi connectivity index (χ1v) is 9.97. The molecule has 0 aliphatic carbocycles. The number of benzene rings is 2. The van der Waals surface area contributed by atoms with E-state index in [0.29, 0.717) is 49.7 Å². The molecule has 2 amide bonds. The summed E-state index contributed by atoms with van der Waals surface area (Å²) in [5.74, 6) is 1.83. The maximum atomic E-state index is 13.0. The van der Waals surface area contributed by atoms with Crippen molar-refractivity contribution in [1.29, 1.82) is 0 Å². The number of carbonyl (C=O) groups is 2. The van der Waals surface area contributed by atoms with E-state index in [1.54, 1.807) is 44.4 Å². The normalized spacial score (nSPS) is 14.1. The number of hydrogen-bond acceptors (Lipinski definition) is 5. The predicted octanol–water partition coefficient (Wildman–Crippen LogP) is 2.63. The summed E-state index contributed by atoms with van der Waals surface area (Å²) in [6.45, 7) is 2.26. The maximum Gasteiger partial charge on any atom is 0.254 e. The topological polar surface area (TPSA) is 68.3 Å². The van der Waals surface area contributed by atoms with Crippen molar-refractivity contribution in [2.24, 2.45) is 0 Å². The van der Waals surface area contributed by atoms with Crippen molar-refractivity contribution in [3.05, 3.63) is 53.6 Å². The summed E-state index contributed by atoms with van der Waals surface area (Å²) in [7, 11) is 4.72. The zero-order valence-electron chi connectivity index (χ0n) is 17.7. The Balaban J connectivity index is 1.62. The van der Waals surface area contributed by atoms with Crippen molar-refractivity contribution in [2.45, 2.75) is 12.8 Å². The van der Waals surface area contributed by atoms with Crippen molar-refractivity contribution < 1.29 is 23.8 Å². The van der Waals surface area contributed by atoms with Gasteiger partial charge in [0.15, 0.2) is 11.5 Å². The average Bonchev–Trinajstić information content (AvgIpc) is 3.04. The van der Waals surface area contributed by atoms with Crippen LogP contribution in [0, 0.1) is 0 Å². The molecule has 0 N–H and O–H groups in total. The largest absolute Gasteiger partial charge is 0.497 e. The Labute approximate surface area is 177 Å². The van der Waals surface area contributed by atoms with Gasteiger partial charge in [0.2, 0.25) is 5.91 Å². The highest BCUT2D eigenvalue weighted by atomic mass is 16.5. The Morgan fingerprint density at radius 3 is 2.30 bits per heavy atom. The Morgan fingerprint density at radius 1 is 0.833 bits per heavy atom. The SMILES string of the molecule is COc1cccc(CC(=O)N2CCCN(C(=O)c3ccc(OC)c(OC)c3)CC2)c1. The van der Waals surface area contributed by atoms with Gasteiger partial charge < -0.3 is 24.0 Å². The van der Waals surface area contributed by atoms with Crippen LogP contribution in [0.1, 0.15) is 22.3 Å². The molecule has 2 aromatic carbocycles. The minimum Gasteiger partial charge on any atom is -0.497 e. The Hall–Kier alpha value is -3.22. The van der Waals surface area contributed by atoms with Crippen molar-refractivity contribution >= 4 is 11.8 Å². The van der Waals surface area contributed by atoms with Gasteiger partial charge in [-0.05, 0) is 42.3 Å². The minimum atomic E-state index is -0.0713. The van der Waals surface area contributed by atoms with Crippen LogP contribution < -0.4 is 14.2 Å². The van der Waals surface area contributed by atoms with Crippen LogP contribution in [0.15, 0.2) is 42.5 Å². The summed E-state index contributed by atoms with van der Waals surface area (Å²) in [4.78, 5) is 29.4. The van der Waals surface area contributed by atoms with Crippen molar-refractivity contribution in [3.63, 3.8) is 0 Å². The molecule has 1 aliphatic rings. The smallest absolute Gasteiger partial charge is 0.254 e. The first-order chi connectivity index (χ1) is 14.5. The zero-order chi connectivity index (χ0) is 21.5. The minimum absolute atomic E-state index is 0.0590. The van der Waals surface area contributed by atoms with E-state index in [4.69, 9.17) is 14.2 Å². The van der Waals surface area contributed by atoms with Gasteiger partial charge in [0.1, 0.15) is 5.75 Å². The number of ether oxygens (including phenoxy) is 3. The Morgan fingerprint density at radius 2 is 1.57 bits per heavy atom. The number of carbonyl (C=O) groups excluding carboxylic acids is 2. The van der Waals surface area contributed by atoms with Gasteiger partial charge in [-0.3, -0.25) is 9.59 Å². The quantitative estimate of drug-likeness (QED) is 0.730. The Kier molecular flexibility index (Phi) is 7.17. The number of hydrogen-bond donors (Lipinski definition) is 0. The highest BCUT2D eigenvalue weighted by Gasteiger charge is 2.23. The number of rotatable bonds is 6. The first kappa shape index (κ1) is 21.5. The lowest BCUT2D eigenvalue weighted by atomic mass is 10.1. The van der Waals surface area contributed by atoms with Crippen LogP contribution in [0.4, 0.5) is 0 Å². The van der Waals surface area contributed by atoms with Crippen molar-refractivity contribution in [3.8, 4) is 17.2 Å². The van der Waals surface area contributed by atoms with Gasteiger partial charge in [-0.1, -0.05) is 12.1 Å². The van der Waals surface area contributed by atoms with Crippen LogP contribution in [-0.4, -0.2) is 69.1 Å². The summed E-state index contributed by atoms with van der Waals surface area (Å²) >= 11 is 0. The highest BCUT2D eigenvalue weighted by Crippen LogP contribution is 2.28. The molecule has 1 heterocycles. The van der Waals surface area contributed by atoms with Gasteiger partial charge in [0.05, 0.1) is 27.8 Å². The van der Waals surface area contributed by atoms with Crippen molar-refractivity contribution in [2.75, 3.05) is 47.5 Å². The van der Waals surface area contributed by atoms with E-state index in [9.17, 15) is 9.59 Å². The molecule has 0 saturated carbocycles. The molecule has 1 saturated heterocycles. The second kappa shape index (κ2) is 10.0. The lowest BCUT2D eigenvalue weighted by Gasteiger charge is -2.22. The fraction of sp³-hybridized carbons (Fsp3) is 0.391. The molecule has 1 aliphatic heterocycles. The van der Waals surface area contributed by atoms with E-state index < -0.39 is 0 Å². The van der Waals surface area contributed by atoms with Gasteiger partial charge >= 0.3 is 0 Å². The number of amides is 2. The van der Waals surface area contributed by atoms with E-state index in [0.717, 1.165) is 17.7 Å². The first-order valence-electron chi connectivity index (χ1n) is 9.97. The van der Waals surface area contributed by atoms with Gasteiger partial charge in [-0.25, -0.2) is 0 Å². The summed E-state index contributed by atoms with van der Waals surface area (Å²) < 4.78 is 15.8. The number of nitrogens with zero attached hydrogens (tertiary/aromatic N) is 2. The fourth-order valence-electron chi connectivity index (χ4n) is 3.59. The summed E-state index contributed by atoms with van der Waals surface area (Å²) in [5, 5.41) is 0. The molecular weight excluding hydrogens is 384 g/mol. The third-order valence-corrected chi connectivity index (χ3v) is 5.26. The van der Waals surface area contributed by atoms with E-state index in [2.05, 4.69) is 0 Å². The highest BCUT2D eigenvalue weighted by molar-refractivity contribution is 5.95. The number of methoxy groups -OCH3 is 3. The lowest BCUT2D eigenvalue weighted by molar-refractivity contribution is -0.130. The van der Waals surface area contributed by atoms with E-state index in [1.807, 2.05) is 29.2 Å². The van der Waals surface area contributed by atoms with E-state index in [-0.39, 0.29) is 11.8 Å². The average molecular weight is 412 g/mol. The van der Waals surface area contributed by atoms with Crippen LogP contribution in [0.5, 0.6) is 17.2 Å². The molecule has 0 spiro atoms. The van der Waals surface area contributed by atoms with Gasteiger partial charge in [-0.15, -0.1) is 0 Å². The standard InChI is InChI=1S/C23H28N2O5/c1-28-19-7-4-6-17(14-19)15-22(26)24-10-5-11-25(13-12-24)23(27)18-8-9-20(29-2)21(16-18)30-3/h4,6-9,14,16H,5,10-13,15H2,1-3H3. The molecule has 7 heteroatoms. The summed E-state index contributed by atoms with van der Waals surface area (Å²) in [6.07, 6.45) is 1.06. The third kappa shape index (κ3) is 5.03. The lowest BCUT2D eigenvalue weighted by Crippen LogP contribution is -2.38. The molecule has 0 atom stereocenters. The van der Waals surface area contributed by atoms with Crippen LogP contribution in [0.25, 0.3) is 0 Å². The molecule has 0 aromatic heterocycles. The maximum absolute atomic E-state index is 13.0. The van der Waals surface area contributed by atoms with Gasteiger partial charge in [0.25, 0.3) is 5.91 Å². The molecule has 30 heavy (non-hydrogen) atoms. The van der Waals surface area contributed by atoms with Crippen LogP contribution in [0.3, 0.4) is 0 Å². The van der Waals surface area contributed by atoms with Crippen LogP contribution in [0.2, 0.25) is 0 Å². The van der Waals surface area contributed by atoms with Gasteiger partial charge in [-0.2, -0.15) is 0 Å². The van der Waals surface area contributed by atoms with Crippen molar-refractivity contribution in [1.82, 2.24) is 9.80 Å². The summed E-state index contributed by atoms with van der Waals surface area (Å²) in [5.41, 5.74) is 1.46. The molecule has 0 radical (unpaired) electrons. The molecule has 2 aromatic rings. The predicted molar refractivity (Wildman–Crippen MR) is 113 cm³/mol. The molecule has 0 unspecified atom stereocenters. The molecular formula is C23H28N2O5. The zero-order valence-corrected chi connectivity index (χ0v) is 17.7. The second-order valence-electron chi connectivity index (χ2n) is 7.12. The Bertz CT molecular complexity index is 899. The second-order valence-corrected chi connectivity index (χ2v) is 7.12. The summed E-state index contributed by atoms with van der Waals surface area (Å²) in [6, 6.07) is 12.7. The molecule has 7 nitrogen and oxygen atoms in total. The van der Waals surface area contributed by atoms with E-state index >= 15 is 0 Å². The molecule has 0 bridgehead atoms. The monoisotopic (exact) mass is 412 g/mol. The van der Waals surface area contributed by atoms with Gasteiger partial charge in [0, 0.05) is 31.7 Å². The molecule has 1 fully saturated rings.